The van der Waals surface area contributed by atoms with Crippen LogP contribution in [0.1, 0.15) is 10.4 Å². The minimum atomic E-state index is -0.314. The van der Waals surface area contributed by atoms with E-state index in [1.54, 1.807) is 29.7 Å². The molecule has 1 aromatic heterocycles. The lowest BCUT2D eigenvalue weighted by atomic mass is 10.1. The Balaban J connectivity index is 1.49. The van der Waals surface area contributed by atoms with E-state index in [-0.39, 0.29) is 18.1 Å². The summed E-state index contributed by atoms with van der Waals surface area (Å²) in [6, 6.07) is 9.89. The third-order valence-corrected chi connectivity index (χ3v) is 4.67. The molecule has 2 heterocycles. The molecule has 1 aromatic carbocycles. The molecular formula is C17H18FN3O2S. The number of morpholine rings is 1. The minimum absolute atomic E-state index is 0.168. The van der Waals surface area contributed by atoms with Crippen molar-refractivity contribution in [2.75, 3.05) is 31.2 Å². The third-order valence-electron chi connectivity index (χ3n) is 3.59. The van der Waals surface area contributed by atoms with Gasteiger partial charge in [-0.3, -0.25) is 4.79 Å². The molecule has 0 unspecified atom stereocenters. The van der Waals surface area contributed by atoms with Crippen molar-refractivity contribution in [1.29, 1.82) is 0 Å². The van der Waals surface area contributed by atoms with Crippen molar-refractivity contribution >= 4 is 28.5 Å². The number of nitrogens with one attached hydrogen (secondary N) is 1. The Bertz CT molecular complexity index is 709. The van der Waals surface area contributed by atoms with Gasteiger partial charge in [-0.25, -0.2) is 9.82 Å². The van der Waals surface area contributed by atoms with Crippen molar-refractivity contribution < 1.29 is 13.9 Å². The summed E-state index contributed by atoms with van der Waals surface area (Å²) in [7, 11) is 0. The molecule has 24 heavy (non-hydrogen) atoms. The van der Waals surface area contributed by atoms with Gasteiger partial charge >= 0.3 is 0 Å². The highest BCUT2D eigenvalue weighted by Gasteiger charge is 2.12. The Morgan fingerprint density at radius 2 is 2.00 bits per heavy atom. The zero-order valence-corrected chi connectivity index (χ0v) is 13.9. The van der Waals surface area contributed by atoms with Gasteiger partial charge in [0.1, 0.15) is 5.82 Å². The maximum absolute atomic E-state index is 12.8. The van der Waals surface area contributed by atoms with Crippen LogP contribution in [0.2, 0.25) is 0 Å². The van der Waals surface area contributed by atoms with Gasteiger partial charge in [-0.2, -0.15) is 5.10 Å². The van der Waals surface area contributed by atoms with Crippen molar-refractivity contribution in [2.24, 2.45) is 5.10 Å². The van der Waals surface area contributed by atoms with Crippen molar-refractivity contribution in [1.82, 2.24) is 5.43 Å². The van der Waals surface area contributed by atoms with Crippen LogP contribution in [-0.2, 0) is 16.0 Å². The van der Waals surface area contributed by atoms with Gasteiger partial charge in [-0.1, -0.05) is 12.1 Å². The van der Waals surface area contributed by atoms with E-state index >= 15 is 0 Å². The Kier molecular flexibility index (Phi) is 5.55. The van der Waals surface area contributed by atoms with Gasteiger partial charge in [0.05, 0.1) is 30.9 Å². The number of hydrogen-bond donors (Lipinski definition) is 1. The quantitative estimate of drug-likeness (QED) is 0.668. The van der Waals surface area contributed by atoms with E-state index in [0.717, 1.165) is 36.7 Å². The molecule has 0 atom stereocenters. The Morgan fingerprint density at radius 3 is 2.75 bits per heavy atom. The monoisotopic (exact) mass is 347 g/mol. The number of amides is 1. The van der Waals surface area contributed by atoms with Crippen LogP contribution in [0.25, 0.3) is 0 Å². The summed E-state index contributed by atoms with van der Waals surface area (Å²) < 4.78 is 18.2. The molecule has 2 aromatic rings. The van der Waals surface area contributed by atoms with Gasteiger partial charge in [0.15, 0.2) is 0 Å². The van der Waals surface area contributed by atoms with Crippen molar-refractivity contribution in [3.63, 3.8) is 0 Å². The van der Waals surface area contributed by atoms with Crippen LogP contribution >= 0.6 is 11.3 Å². The first kappa shape index (κ1) is 16.6. The molecule has 1 aliphatic heterocycles. The standard InChI is InChI=1S/C17H18FN3O2S/c18-14-3-1-13(2-4-14)11-16(22)20-19-12-15-5-6-17(24-15)21-7-9-23-10-8-21/h1-6,12H,7-11H2,(H,20,22)/b19-12-. The lowest BCUT2D eigenvalue weighted by Gasteiger charge is -2.27. The summed E-state index contributed by atoms with van der Waals surface area (Å²) in [6.45, 7) is 3.29. The number of ether oxygens (including phenoxy) is 1. The van der Waals surface area contributed by atoms with E-state index in [9.17, 15) is 9.18 Å². The molecule has 0 spiro atoms. The van der Waals surface area contributed by atoms with Crippen molar-refractivity contribution in [3.8, 4) is 0 Å². The molecule has 0 radical (unpaired) electrons. The van der Waals surface area contributed by atoms with Crippen LogP contribution in [-0.4, -0.2) is 38.4 Å². The number of benzene rings is 1. The first-order valence-electron chi connectivity index (χ1n) is 7.69. The summed E-state index contributed by atoms with van der Waals surface area (Å²) in [6.07, 6.45) is 1.80. The normalized spacial score (nSPS) is 15.0. The number of anilines is 1. The zero-order valence-electron chi connectivity index (χ0n) is 13.1. The average molecular weight is 347 g/mol. The molecule has 1 fully saturated rings. The molecule has 3 rings (SSSR count). The van der Waals surface area contributed by atoms with Crippen LogP contribution in [0, 0.1) is 5.82 Å². The molecule has 1 aliphatic rings. The van der Waals surface area contributed by atoms with Crippen LogP contribution in [0.3, 0.4) is 0 Å². The van der Waals surface area contributed by atoms with E-state index in [0.29, 0.717) is 0 Å². The number of hydrogen-bond acceptors (Lipinski definition) is 5. The van der Waals surface area contributed by atoms with Crippen molar-refractivity contribution in [3.05, 3.63) is 52.7 Å². The number of rotatable bonds is 5. The van der Waals surface area contributed by atoms with E-state index < -0.39 is 0 Å². The van der Waals surface area contributed by atoms with Gasteiger partial charge in [0.25, 0.3) is 0 Å². The van der Waals surface area contributed by atoms with Gasteiger partial charge in [0, 0.05) is 18.0 Å². The topological polar surface area (TPSA) is 53.9 Å². The molecule has 126 valence electrons. The van der Waals surface area contributed by atoms with Crippen LogP contribution in [0.5, 0.6) is 0 Å². The first-order chi connectivity index (χ1) is 11.7. The summed E-state index contributed by atoms with van der Waals surface area (Å²) in [5.74, 6) is -0.547. The number of hydrazone groups is 1. The number of thiophene rings is 1. The maximum atomic E-state index is 12.8. The molecule has 1 amide bonds. The maximum Gasteiger partial charge on any atom is 0.244 e. The highest BCUT2D eigenvalue weighted by Crippen LogP contribution is 2.25. The molecule has 0 aliphatic carbocycles. The summed E-state index contributed by atoms with van der Waals surface area (Å²) in [5.41, 5.74) is 3.24. The van der Waals surface area contributed by atoms with Gasteiger partial charge < -0.3 is 9.64 Å². The molecule has 7 heteroatoms. The van der Waals surface area contributed by atoms with Crippen LogP contribution in [0.15, 0.2) is 41.5 Å². The predicted molar refractivity (Wildman–Crippen MR) is 93.2 cm³/mol. The van der Waals surface area contributed by atoms with Crippen LogP contribution < -0.4 is 10.3 Å². The fourth-order valence-corrected chi connectivity index (χ4v) is 3.29. The highest BCUT2D eigenvalue weighted by atomic mass is 32.1. The largest absolute Gasteiger partial charge is 0.378 e. The fourth-order valence-electron chi connectivity index (χ4n) is 2.36. The second-order valence-electron chi connectivity index (χ2n) is 5.37. The lowest BCUT2D eigenvalue weighted by Crippen LogP contribution is -2.35. The van der Waals surface area contributed by atoms with E-state index in [4.69, 9.17) is 4.74 Å². The number of halogens is 1. The summed E-state index contributed by atoms with van der Waals surface area (Å²) in [5, 5.41) is 5.16. The average Bonchev–Trinajstić information content (AvgIpc) is 3.07. The first-order valence-corrected chi connectivity index (χ1v) is 8.51. The molecule has 1 N–H and O–H groups in total. The van der Waals surface area contributed by atoms with Gasteiger partial charge in [-0.15, -0.1) is 11.3 Å². The molecule has 5 nitrogen and oxygen atoms in total. The fraction of sp³-hybridized carbons (Fsp3) is 0.294. The minimum Gasteiger partial charge on any atom is -0.378 e. The van der Waals surface area contributed by atoms with Crippen molar-refractivity contribution in [2.45, 2.75) is 6.42 Å². The number of carbonyl (C=O) groups is 1. The SMILES string of the molecule is O=C(Cc1ccc(F)cc1)N/N=C\c1ccc(N2CCOCC2)s1. The Hall–Kier alpha value is -2.25. The van der Waals surface area contributed by atoms with E-state index in [2.05, 4.69) is 21.5 Å². The zero-order chi connectivity index (χ0) is 16.8. The Morgan fingerprint density at radius 1 is 1.25 bits per heavy atom. The highest BCUT2D eigenvalue weighted by molar-refractivity contribution is 7.17. The van der Waals surface area contributed by atoms with Gasteiger partial charge in [-0.05, 0) is 29.8 Å². The second kappa shape index (κ2) is 8.03. The van der Waals surface area contributed by atoms with Crippen LogP contribution in [0.4, 0.5) is 9.39 Å². The smallest absolute Gasteiger partial charge is 0.244 e. The van der Waals surface area contributed by atoms with Gasteiger partial charge in [0.2, 0.25) is 5.91 Å². The number of nitrogens with zero attached hydrogens (tertiary/aromatic N) is 2. The Labute approximate surface area is 143 Å². The predicted octanol–water partition coefficient (Wildman–Crippen LogP) is 2.42. The second-order valence-corrected chi connectivity index (χ2v) is 6.47. The lowest BCUT2D eigenvalue weighted by molar-refractivity contribution is -0.120. The molecule has 0 bridgehead atoms. The summed E-state index contributed by atoms with van der Waals surface area (Å²) >= 11 is 1.62. The molecule has 0 saturated carbocycles. The molecule has 1 saturated heterocycles. The third kappa shape index (κ3) is 4.62. The summed E-state index contributed by atoms with van der Waals surface area (Å²) in [4.78, 5) is 15.1. The van der Waals surface area contributed by atoms with E-state index in [1.807, 2.05) is 6.07 Å². The van der Waals surface area contributed by atoms with E-state index in [1.165, 1.54) is 17.1 Å². The molecular weight excluding hydrogens is 329 g/mol. The number of carbonyl (C=O) groups excluding carboxylic acids is 1.